The van der Waals surface area contributed by atoms with Crippen LogP contribution in [0.3, 0.4) is 0 Å². The van der Waals surface area contributed by atoms with Crippen LogP contribution in [0.5, 0.6) is 0 Å². The zero-order valence-electron chi connectivity index (χ0n) is 13.9. The Morgan fingerprint density at radius 1 is 1.46 bits per heavy atom. The van der Waals surface area contributed by atoms with Crippen molar-refractivity contribution in [2.24, 2.45) is 11.7 Å². The maximum absolute atomic E-state index is 11.5. The van der Waals surface area contributed by atoms with Gasteiger partial charge in [-0.05, 0) is 24.5 Å². The largest absolute Gasteiger partial charge is 0.370 e. The fourth-order valence-electron chi connectivity index (χ4n) is 3.04. The Hall–Kier alpha value is -2.15. The lowest BCUT2D eigenvalue weighted by atomic mass is 9.96. The molecule has 0 aliphatic carbocycles. The molecule has 0 spiro atoms. The van der Waals surface area contributed by atoms with Gasteiger partial charge < -0.3 is 16.0 Å². The highest BCUT2D eigenvalue weighted by Gasteiger charge is 2.25. The van der Waals surface area contributed by atoms with Gasteiger partial charge in [0.05, 0.1) is 5.92 Å². The van der Waals surface area contributed by atoms with E-state index >= 15 is 0 Å². The third-order valence-corrected chi connectivity index (χ3v) is 5.08. The lowest BCUT2D eigenvalue weighted by Crippen LogP contribution is -2.41. The van der Waals surface area contributed by atoms with Crippen LogP contribution in [0, 0.1) is 5.92 Å². The number of benzene rings is 1. The van der Waals surface area contributed by atoms with Gasteiger partial charge in [0.15, 0.2) is 0 Å². The van der Waals surface area contributed by atoms with Gasteiger partial charge in [-0.3, -0.25) is 4.79 Å². The Morgan fingerprint density at radius 2 is 2.29 bits per heavy atom. The fourth-order valence-corrected chi connectivity index (χ4v) is 3.68. The van der Waals surface area contributed by atoms with Gasteiger partial charge in [0.1, 0.15) is 5.82 Å². The van der Waals surface area contributed by atoms with Gasteiger partial charge in [0.25, 0.3) is 0 Å². The van der Waals surface area contributed by atoms with Crippen LogP contribution in [0.25, 0.3) is 0 Å². The summed E-state index contributed by atoms with van der Waals surface area (Å²) in [7, 11) is 0. The van der Waals surface area contributed by atoms with Crippen molar-refractivity contribution in [1.29, 1.82) is 0 Å². The van der Waals surface area contributed by atoms with Crippen molar-refractivity contribution in [2.75, 3.05) is 23.3 Å². The molecule has 0 saturated carbocycles. The summed E-state index contributed by atoms with van der Waals surface area (Å²) in [5, 5.41) is 4.20. The number of primary amides is 1. The van der Waals surface area contributed by atoms with Gasteiger partial charge in [-0.2, -0.15) is 4.37 Å². The number of aromatic nitrogens is 2. The molecular weight excluding hydrogens is 322 g/mol. The van der Waals surface area contributed by atoms with E-state index in [9.17, 15) is 4.79 Å². The second kappa shape index (κ2) is 7.61. The number of amides is 1. The maximum Gasteiger partial charge on any atom is 0.222 e. The molecule has 24 heavy (non-hydrogen) atoms. The number of nitrogens with one attached hydrogen (secondary N) is 1. The van der Waals surface area contributed by atoms with Crippen LogP contribution in [0.1, 0.15) is 31.2 Å². The zero-order valence-corrected chi connectivity index (χ0v) is 14.7. The van der Waals surface area contributed by atoms with Gasteiger partial charge in [0, 0.05) is 43.3 Å². The molecular formula is C17H23N5OS. The minimum atomic E-state index is -0.198. The highest BCUT2D eigenvalue weighted by atomic mass is 32.1. The van der Waals surface area contributed by atoms with E-state index in [4.69, 9.17) is 5.73 Å². The molecule has 3 N–H and O–H groups in total. The number of nitrogens with two attached hydrogens (primary N) is 1. The molecule has 1 saturated heterocycles. The number of carbonyl (C=O) groups excluding carboxylic acids is 1. The first-order valence-electron chi connectivity index (χ1n) is 8.36. The van der Waals surface area contributed by atoms with Gasteiger partial charge in [0.2, 0.25) is 11.0 Å². The molecule has 2 heterocycles. The highest BCUT2D eigenvalue weighted by molar-refractivity contribution is 7.09. The van der Waals surface area contributed by atoms with Crippen molar-refractivity contribution in [3.05, 3.63) is 35.7 Å². The summed E-state index contributed by atoms with van der Waals surface area (Å²) < 4.78 is 4.29. The van der Waals surface area contributed by atoms with E-state index in [2.05, 4.69) is 31.7 Å². The second-order valence-electron chi connectivity index (χ2n) is 6.04. The first-order valence-corrected chi connectivity index (χ1v) is 9.13. The molecule has 1 aromatic carbocycles. The van der Waals surface area contributed by atoms with Crippen molar-refractivity contribution < 1.29 is 4.79 Å². The first-order chi connectivity index (χ1) is 11.7. The average Bonchev–Trinajstić information content (AvgIpc) is 3.08. The van der Waals surface area contributed by atoms with Gasteiger partial charge in [-0.1, -0.05) is 25.1 Å². The molecule has 128 valence electrons. The Morgan fingerprint density at radius 3 is 3.04 bits per heavy atom. The molecule has 6 nitrogen and oxygen atoms in total. The van der Waals surface area contributed by atoms with Gasteiger partial charge in [-0.15, -0.1) is 0 Å². The number of hydrogen-bond donors (Lipinski definition) is 2. The fraction of sp³-hybridized carbons (Fsp3) is 0.471. The predicted molar refractivity (Wildman–Crippen MR) is 97.2 cm³/mol. The summed E-state index contributed by atoms with van der Waals surface area (Å²) in [6.45, 7) is 4.39. The highest BCUT2D eigenvalue weighted by Crippen LogP contribution is 2.27. The minimum absolute atomic E-state index is 0.0601. The summed E-state index contributed by atoms with van der Waals surface area (Å²) in [5.74, 6) is 0.613. The molecule has 1 aromatic heterocycles. The SMILES string of the molecule is CCc1nsc(NCc2ccccc2N2CCC[C@H](C(N)=O)C2)n1. The number of aryl methyl sites for hydroxylation is 1. The van der Waals surface area contributed by atoms with Crippen molar-refractivity contribution >= 4 is 28.3 Å². The van der Waals surface area contributed by atoms with Gasteiger partial charge in [-0.25, -0.2) is 4.98 Å². The predicted octanol–water partition coefficient (Wildman–Crippen LogP) is 2.41. The third-order valence-electron chi connectivity index (χ3n) is 4.37. The average molecular weight is 345 g/mol. The second-order valence-corrected chi connectivity index (χ2v) is 6.79. The summed E-state index contributed by atoms with van der Waals surface area (Å²) in [6.07, 6.45) is 2.72. The van der Waals surface area contributed by atoms with E-state index in [0.717, 1.165) is 42.5 Å². The normalized spacial score (nSPS) is 17.7. The molecule has 2 aromatic rings. The van der Waals surface area contributed by atoms with Crippen LogP contribution in [0.2, 0.25) is 0 Å². The van der Waals surface area contributed by atoms with Crippen LogP contribution in [0.15, 0.2) is 24.3 Å². The molecule has 7 heteroatoms. The quantitative estimate of drug-likeness (QED) is 0.840. The number of para-hydroxylation sites is 1. The minimum Gasteiger partial charge on any atom is -0.370 e. The van der Waals surface area contributed by atoms with Gasteiger partial charge >= 0.3 is 0 Å². The number of anilines is 2. The molecule has 1 aliphatic rings. The summed E-state index contributed by atoms with van der Waals surface area (Å²) in [6, 6.07) is 8.29. The van der Waals surface area contributed by atoms with E-state index < -0.39 is 0 Å². The molecule has 0 bridgehead atoms. The zero-order chi connectivity index (χ0) is 16.9. The van der Waals surface area contributed by atoms with Crippen molar-refractivity contribution in [3.63, 3.8) is 0 Å². The number of rotatable bonds is 6. The number of carbonyl (C=O) groups is 1. The Balaban J connectivity index is 1.71. The Kier molecular flexibility index (Phi) is 5.30. The molecule has 1 atom stereocenters. The summed E-state index contributed by atoms with van der Waals surface area (Å²) in [5.41, 5.74) is 7.86. The number of hydrogen-bond acceptors (Lipinski definition) is 6. The van der Waals surface area contributed by atoms with E-state index in [1.165, 1.54) is 17.1 Å². The molecule has 0 radical (unpaired) electrons. The van der Waals surface area contributed by atoms with E-state index in [1.807, 2.05) is 19.1 Å². The third kappa shape index (κ3) is 3.84. The van der Waals surface area contributed by atoms with Crippen LogP contribution in [-0.2, 0) is 17.8 Å². The van der Waals surface area contributed by atoms with E-state index in [0.29, 0.717) is 13.1 Å². The Labute approximate surface area is 146 Å². The standard InChI is InChI=1S/C17H23N5OS/c1-2-15-20-17(24-21-15)19-10-12-6-3-4-8-14(12)22-9-5-7-13(11-22)16(18)23/h3-4,6,8,13H,2,5,7,9-11H2,1H3,(H2,18,23)(H,19,20,21)/t13-/m0/s1. The molecule has 1 fully saturated rings. The summed E-state index contributed by atoms with van der Waals surface area (Å²) in [4.78, 5) is 18.2. The molecule has 0 unspecified atom stereocenters. The maximum atomic E-state index is 11.5. The van der Waals surface area contributed by atoms with Crippen LogP contribution in [0.4, 0.5) is 10.8 Å². The Bertz CT molecular complexity index is 702. The summed E-state index contributed by atoms with van der Waals surface area (Å²) >= 11 is 1.39. The number of piperidine rings is 1. The lowest BCUT2D eigenvalue weighted by Gasteiger charge is -2.34. The van der Waals surface area contributed by atoms with Crippen molar-refractivity contribution in [1.82, 2.24) is 9.36 Å². The van der Waals surface area contributed by atoms with Crippen molar-refractivity contribution in [3.8, 4) is 0 Å². The first kappa shape index (κ1) is 16.7. The van der Waals surface area contributed by atoms with Crippen LogP contribution in [-0.4, -0.2) is 28.4 Å². The molecule has 3 rings (SSSR count). The topological polar surface area (TPSA) is 84.1 Å². The van der Waals surface area contributed by atoms with Crippen LogP contribution < -0.4 is 16.0 Å². The smallest absolute Gasteiger partial charge is 0.222 e. The van der Waals surface area contributed by atoms with Crippen LogP contribution >= 0.6 is 11.5 Å². The molecule has 1 aliphatic heterocycles. The number of nitrogens with zero attached hydrogens (tertiary/aromatic N) is 3. The molecule has 1 amide bonds. The van der Waals surface area contributed by atoms with E-state index in [-0.39, 0.29) is 11.8 Å². The monoisotopic (exact) mass is 345 g/mol. The van der Waals surface area contributed by atoms with E-state index in [1.54, 1.807) is 0 Å². The lowest BCUT2D eigenvalue weighted by molar-refractivity contribution is -0.122. The van der Waals surface area contributed by atoms with Crippen molar-refractivity contribution in [2.45, 2.75) is 32.7 Å².